The number of hydrogen-bond donors (Lipinski definition) is 1. The maximum Gasteiger partial charge on any atom is 0.168 e. The van der Waals surface area contributed by atoms with E-state index in [2.05, 4.69) is 58.4 Å². The lowest BCUT2D eigenvalue weighted by Gasteiger charge is -2.37. The normalized spacial score (nSPS) is 25.5. The van der Waals surface area contributed by atoms with E-state index in [9.17, 15) is 4.79 Å². The van der Waals surface area contributed by atoms with Crippen molar-refractivity contribution >= 4 is 27.5 Å². The Labute approximate surface area is 169 Å². The van der Waals surface area contributed by atoms with Crippen LogP contribution in [-0.2, 0) is 29.6 Å². The Morgan fingerprint density at radius 2 is 1.78 bits per heavy atom. The maximum absolute atomic E-state index is 13.5. The van der Waals surface area contributed by atoms with Crippen LogP contribution in [0.5, 0.6) is 0 Å². The Morgan fingerprint density at radius 1 is 1.07 bits per heavy atom. The first-order valence-corrected chi connectivity index (χ1v) is 10.5. The van der Waals surface area contributed by atoms with E-state index in [1.807, 2.05) is 6.92 Å². The van der Waals surface area contributed by atoms with Gasteiger partial charge < -0.3 is 5.73 Å². The SMILES string of the molecule is CC1CC(N)=NC2(CCc3ccccc3CCCc3ccc(Br)cc32)C1=O. The molecule has 0 fully saturated rings. The third kappa shape index (κ3) is 3.36. The molecule has 0 saturated carbocycles. The molecule has 1 spiro atoms. The Balaban J connectivity index is 1.91. The predicted octanol–water partition coefficient (Wildman–Crippen LogP) is 4.73. The van der Waals surface area contributed by atoms with Gasteiger partial charge in [-0.05, 0) is 66.5 Å². The van der Waals surface area contributed by atoms with Crippen LogP contribution in [0.2, 0.25) is 0 Å². The summed E-state index contributed by atoms with van der Waals surface area (Å²) in [5.74, 6) is 0.694. The number of halogens is 1. The van der Waals surface area contributed by atoms with Crippen molar-refractivity contribution in [3.8, 4) is 0 Å². The molecule has 0 radical (unpaired) electrons. The second kappa shape index (κ2) is 7.23. The van der Waals surface area contributed by atoms with Crippen LogP contribution in [0.1, 0.15) is 48.4 Å². The van der Waals surface area contributed by atoms with Gasteiger partial charge in [-0.3, -0.25) is 9.79 Å². The molecule has 140 valence electrons. The van der Waals surface area contributed by atoms with Crippen molar-refractivity contribution in [1.29, 1.82) is 0 Å². The Morgan fingerprint density at radius 3 is 2.56 bits per heavy atom. The Bertz CT molecular complexity index is 920. The van der Waals surface area contributed by atoms with Gasteiger partial charge in [0.15, 0.2) is 5.78 Å². The summed E-state index contributed by atoms with van der Waals surface area (Å²) >= 11 is 3.61. The van der Waals surface area contributed by atoms with Crippen molar-refractivity contribution in [3.63, 3.8) is 0 Å². The van der Waals surface area contributed by atoms with Crippen LogP contribution in [0.4, 0.5) is 0 Å². The molecule has 1 aliphatic carbocycles. The van der Waals surface area contributed by atoms with Crippen molar-refractivity contribution in [2.24, 2.45) is 16.6 Å². The van der Waals surface area contributed by atoms with Gasteiger partial charge in [-0.1, -0.05) is 53.2 Å². The molecule has 1 heterocycles. The summed E-state index contributed by atoms with van der Waals surface area (Å²) in [7, 11) is 0. The number of hydrogen-bond acceptors (Lipinski definition) is 3. The largest absolute Gasteiger partial charge is 0.387 e. The zero-order chi connectivity index (χ0) is 19.0. The highest BCUT2D eigenvalue weighted by molar-refractivity contribution is 9.10. The van der Waals surface area contributed by atoms with Gasteiger partial charge in [-0.2, -0.15) is 0 Å². The monoisotopic (exact) mass is 424 g/mol. The van der Waals surface area contributed by atoms with Crippen LogP contribution in [0.3, 0.4) is 0 Å². The molecule has 2 aromatic carbocycles. The molecule has 3 nitrogen and oxygen atoms in total. The van der Waals surface area contributed by atoms with Gasteiger partial charge >= 0.3 is 0 Å². The number of nitrogens with two attached hydrogens (primary N) is 1. The van der Waals surface area contributed by atoms with Crippen molar-refractivity contribution in [1.82, 2.24) is 0 Å². The van der Waals surface area contributed by atoms with Crippen LogP contribution in [-0.4, -0.2) is 11.6 Å². The van der Waals surface area contributed by atoms with Gasteiger partial charge in [-0.15, -0.1) is 0 Å². The quantitative estimate of drug-likeness (QED) is 0.664. The first-order valence-electron chi connectivity index (χ1n) is 9.74. The summed E-state index contributed by atoms with van der Waals surface area (Å²) in [5.41, 5.74) is 10.3. The molecule has 0 bridgehead atoms. The Kier molecular flexibility index (Phi) is 4.94. The zero-order valence-electron chi connectivity index (χ0n) is 15.7. The Hall–Kier alpha value is -1.94. The standard InChI is InChI=1S/C23H25BrN2O/c1-15-13-21(25)26-23(22(15)27)12-11-17-6-3-2-5-16(17)7-4-8-18-9-10-19(24)14-20(18)23/h2-3,5-6,9-10,14-15H,4,7-8,11-13H2,1H3,(H2,25,26). The number of fused-ring (bicyclic) bond motifs is 3. The molecule has 1 aliphatic heterocycles. The lowest BCUT2D eigenvalue weighted by atomic mass is 9.71. The third-order valence-corrected chi connectivity index (χ3v) is 6.48. The lowest BCUT2D eigenvalue weighted by molar-refractivity contribution is -0.128. The van der Waals surface area contributed by atoms with Crippen LogP contribution in [0, 0.1) is 5.92 Å². The summed E-state index contributed by atoms with van der Waals surface area (Å²) in [6, 6.07) is 14.9. The molecule has 2 atom stereocenters. The number of nitrogens with zero attached hydrogens (tertiary/aromatic N) is 1. The lowest BCUT2D eigenvalue weighted by Crippen LogP contribution is -2.45. The number of carbonyl (C=O) groups excluding carboxylic acids is 1. The molecule has 4 rings (SSSR count). The molecular formula is C23H25BrN2O. The number of rotatable bonds is 0. The maximum atomic E-state index is 13.5. The molecule has 2 N–H and O–H groups in total. The average Bonchev–Trinajstić information content (AvgIpc) is 2.65. The molecular weight excluding hydrogens is 400 g/mol. The first kappa shape index (κ1) is 18.4. The minimum atomic E-state index is -0.870. The molecule has 27 heavy (non-hydrogen) atoms. The van der Waals surface area contributed by atoms with E-state index < -0.39 is 5.54 Å². The highest BCUT2D eigenvalue weighted by atomic mass is 79.9. The highest BCUT2D eigenvalue weighted by Crippen LogP contribution is 2.42. The van der Waals surface area contributed by atoms with E-state index in [4.69, 9.17) is 10.7 Å². The van der Waals surface area contributed by atoms with Crippen LogP contribution in [0.15, 0.2) is 51.9 Å². The van der Waals surface area contributed by atoms with Crippen LogP contribution >= 0.6 is 15.9 Å². The van der Waals surface area contributed by atoms with Gasteiger partial charge in [0, 0.05) is 16.8 Å². The highest BCUT2D eigenvalue weighted by Gasteiger charge is 2.46. The van der Waals surface area contributed by atoms with Crippen LogP contribution in [0.25, 0.3) is 0 Å². The zero-order valence-corrected chi connectivity index (χ0v) is 17.3. The number of carbonyl (C=O) groups is 1. The predicted molar refractivity (Wildman–Crippen MR) is 113 cm³/mol. The van der Waals surface area contributed by atoms with E-state index in [0.717, 1.165) is 35.7 Å². The fraction of sp³-hybridized carbons (Fsp3) is 0.391. The van der Waals surface area contributed by atoms with E-state index in [1.165, 1.54) is 16.7 Å². The van der Waals surface area contributed by atoms with E-state index in [0.29, 0.717) is 18.7 Å². The summed E-state index contributed by atoms with van der Waals surface area (Å²) < 4.78 is 0.984. The topological polar surface area (TPSA) is 55.4 Å². The van der Waals surface area contributed by atoms with Gasteiger partial charge in [0.2, 0.25) is 0 Å². The molecule has 2 unspecified atom stereocenters. The van der Waals surface area contributed by atoms with Gasteiger partial charge in [0.25, 0.3) is 0 Å². The van der Waals surface area contributed by atoms with Crippen molar-refractivity contribution < 1.29 is 4.79 Å². The van der Waals surface area contributed by atoms with Crippen LogP contribution < -0.4 is 5.73 Å². The van der Waals surface area contributed by atoms with E-state index >= 15 is 0 Å². The third-order valence-electron chi connectivity index (χ3n) is 5.99. The summed E-state index contributed by atoms with van der Waals surface area (Å²) in [6.07, 6.45) is 5.12. The fourth-order valence-electron chi connectivity index (χ4n) is 4.65. The molecule has 0 aromatic heterocycles. The van der Waals surface area contributed by atoms with Gasteiger partial charge in [0.05, 0.1) is 5.84 Å². The number of ketones is 1. The molecule has 4 heteroatoms. The van der Waals surface area contributed by atoms with Gasteiger partial charge in [0.1, 0.15) is 5.54 Å². The summed E-state index contributed by atoms with van der Waals surface area (Å²) in [4.78, 5) is 18.4. The van der Waals surface area contributed by atoms with E-state index in [-0.39, 0.29) is 11.7 Å². The van der Waals surface area contributed by atoms with Crippen molar-refractivity contribution in [2.45, 2.75) is 51.0 Å². The molecule has 0 amide bonds. The first-order chi connectivity index (χ1) is 13.0. The fourth-order valence-corrected chi connectivity index (χ4v) is 5.01. The van der Waals surface area contributed by atoms with Crippen molar-refractivity contribution in [2.75, 3.05) is 0 Å². The molecule has 2 aliphatic rings. The molecule has 0 saturated heterocycles. The molecule has 2 aromatic rings. The average molecular weight is 425 g/mol. The summed E-state index contributed by atoms with van der Waals surface area (Å²) in [5, 5.41) is 0. The number of aliphatic imine (C=N–C) groups is 1. The second-order valence-corrected chi connectivity index (χ2v) is 8.77. The number of Topliss-reactive ketones (excluding diaryl/α,β-unsaturated/α-hetero) is 1. The number of benzene rings is 2. The number of aryl methyl sites for hydroxylation is 3. The second-order valence-electron chi connectivity index (χ2n) is 7.86. The number of amidine groups is 1. The minimum absolute atomic E-state index is 0.104. The van der Waals surface area contributed by atoms with Gasteiger partial charge in [-0.25, -0.2) is 0 Å². The van der Waals surface area contributed by atoms with Crippen molar-refractivity contribution in [3.05, 3.63) is 69.2 Å². The summed E-state index contributed by atoms with van der Waals surface area (Å²) in [6.45, 7) is 1.98. The minimum Gasteiger partial charge on any atom is -0.387 e. The van der Waals surface area contributed by atoms with E-state index in [1.54, 1.807) is 0 Å². The smallest absolute Gasteiger partial charge is 0.168 e.